The maximum Gasteiger partial charge on any atom is 0.433 e. The second-order valence-corrected chi connectivity index (χ2v) is 7.54. The van der Waals surface area contributed by atoms with E-state index in [-0.39, 0.29) is 23.1 Å². The number of aliphatic hydroxyl groups is 1. The molecule has 7 nitrogen and oxygen atoms in total. The number of alkyl halides is 3. The standard InChI is InChI=1S/C24H19F3N6O/c1-15(12-28)16-4-2-5-17(10-16)23(34)31-22-8-7-19(14-30-22)33-21(24(25,26)27)11-20(32-33)18-6-3-9-29-13-18/h2-11,13-15,23,34H,1H3,(H,30,31). The van der Waals surface area contributed by atoms with E-state index in [4.69, 9.17) is 5.26 Å². The number of pyridine rings is 2. The van der Waals surface area contributed by atoms with Gasteiger partial charge in [0.2, 0.25) is 0 Å². The Balaban J connectivity index is 1.58. The first-order valence-corrected chi connectivity index (χ1v) is 10.2. The summed E-state index contributed by atoms with van der Waals surface area (Å²) in [7, 11) is 0. The second-order valence-electron chi connectivity index (χ2n) is 7.54. The summed E-state index contributed by atoms with van der Waals surface area (Å²) in [5.74, 6) is -0.0822. The molecule has 10 heteroatoms. The summed E-state index contributed by atoms with van der Waals surface area (Å²) in [6, 6.07) is 16.1. The van der Waals surface area contributed by atoms with Crippen LogP contribution in [0.15, 0.2) is 73.2 Å². The monoisotopic (exact) mass is 464 g/mol. The number of halogens is 3. The molecule has 4 rings (SSSR count). The Morgan fingerprint density at radius 3 is 2.50 bits per heavy atom. The highest BCUT2D eigenvalue weighted by molar-refractivity contribution is 5.59. The van der Waals surface area contributed by atoms with Gasteiger partial charge in [-0.1, -0.05) is 18.2 Å². The molecular weight excluding hydrogens is 445 g/mol. The van der Waals surface area contributed by atoms with Crippen LogP contribution >= 0.6 is 0 Å². The molecule has 2 unspecified atom stereocenters. The molecule has 2 N–H and O–H groups in total. The Bertz CT molecular complexity index is 1310. The average molecular weight is 464 g/mol. The van der Waals surface area contributed by atoms with Gasteiger partial charge in [-0.3, -0.25) is 4.98 Å². The maximum absolute atomic E-state index is 13.7. The van der Waals surface area contributed by atoms with Gasteiger partial charge in [-0.25, -0.2) is 9.67 Å². The normalized spacial score (nSPS) is 13.2. The highest BCUT2D eigenvalue weighted by Crippen LogP contribution is 2.34. The van der Waals surface area contributed by atoms with Crippen molar-refractivity contribution in [3.05, 3.63) is 90.0 Å². The Hall–Kier alpha value is -4.23. The zero-order valence-corrected chi connectivity index (χ0v) is 17.9. The van der Waals surface area contributed by atoms with Crippen LogP contribution in [0.5, 0.6) is 0 Å². The first-order chi connectivity index (χ1) is 16.3. The van der Waals surface area contributed by atoms with Crippen molar-refractivity contribution in [3.8, 4) is 23.0 Å². The van der Waals surface area contributed by atoms with E-state index >= 15 is 0 Å². The quantitative estimate of drug-likeness (QED) is 0.386. The van der Waals surface area contributed by atoms with Crippen molar-refractivity contribution in [1.82, 2.24) is 19.7 Å². The van der Waals surface area contributed by atoms with Crippen LogP contribution in [0.25, 0.3) is 16.9 Å². The van der Waals surface area contributed by atoms with Gasteiger partial charge in [0, 0.05) is 23.5 Å². The molecule has 0 radical (unpaired) electrons. The van der Waals surface area contributed by atoms with E-state index in [9.17, 15) is 18.3 Å². The fraction of sp³-hybridized carbons (Fsp3) is 0.167. The predicted molar refractivity (Wildman–Crippen MR) is 119 cm³/mol. The SMILES string of the molecule is CC(C#N)c1cccc(C(O)Nc2ccc(-n3nc(-c4cccnc4)cc3C(F)(F)F)cn2)c1. The van der Waals surface area contributed by atoms with Gasteiger partial charge in [-0.2, -0.15) is 23.5 Å². The van der Waals surface area contributed by atoms with Crippen LogP contribution in [0.2, 0.25) is 0 Å². The molecule has 0 fully saturated rings. The molecule has 0 amide bonds. The smallest absolute Gasteiger partial charge is 0.369 e. The minimum Gasteiger partial charge on any atom is -0.369 e. The number of hydrogen-bond acceptors (Lipinski definition) is 6. The summed E-state index contributed by atoms with van der Waals surface area (Å²) < 4.78 is 41.7. The van der Waals surface area contributed by atoms with Crippen molar-refractivity contribution in [1.29, 1.82) is 5.26 Å². The van der Waals surface area contributed by atoms with Crippen LogP contribution in [0.1, 0.15) is 35.9 Å². The van der Waals surface area contributed by atoms with E-state index in [1.54, 1.807) is 43.3 Å². The molecule has 3 heterocycles. The molecule has 172 valence electrons. The third-order valence-corrected chi connectivity index (χ3v) is 5.15. The van der Waals surface area contributed by atoms with Gasteiger partial charge in [0.25, 0.3) is 0 Å². The maximum atomic E-state index is 13.7. The van der Waals surface area contributed by atoms with Crippen molar-refractivity contribution in [3.63, 3.8) is 0 Å². The summed E-state index contributed by atoms with van der Waals surface area (Å²) in [6.07, 6.45) is -1.57. The lowest BCUT2D eigenvalue weighted by Crippen LogP contribution is -2.14. The highest BCUT2D eigenvalue weighted by atomic mass is 19.4. The minimum absolute atomic E-state index is 0.104. The molecule has 0 spiro atoms. The Labute approximate surface area is 193 Å². The zero-order valence-electron chi connectivity index (χ0n) is 17.9. The lowest BCUT2D eigenvalue weighted by molar-refractivity contribution is -0.142. The van der Waals surface area contributed by atoms with E-state index < -0.39 is 18.1 Å². The number of aliphatic hydroxyl groups excluding tert-OH is 1. The lowest BCUT2D eigenvalue weighted by Gasteiger charge is -2.16. The van der Waals surface area contributed by atoms with Crippen molar-refractivity contribution in [2.45, 2.75) is 25.2 Å². The van der Waals surface area contributed by atoms with E-state index in [1.165, 1.54) is 30.7 Å². The molecule has 0 aliphatic rings. The van der Waals surface area contributed by atoms with Crippen LogP contribution in [0.3, 0.4) is 0 Å². The van der Waals surface area contributed by atoms with Gasteiger partial charge < -0.3 is 10.4 Å². The van der Waals surface area contributed by atoms with Gasteiger partial charge in [0.1, 0.15) is 11.5 Å². The average Bonchev–Trinajstić information content (AvgIpc) is 3.31. The fourth-order valence-corrected chi connectivity index (χ4v) is 3.33. The number of nitrogens with zero attached hydrogens (tertiary/aromatic N) is 5. The van der Waals surface area contributed by atoms with E-state index in [1.807, 2.05) is 0 Å². The number of nitriles is 1. The molecule has 0 aliphatic carbocycles. The highest BCUT2D eigenvalue weighted by Gasteiger charge is 2.36. The summed E-state index contributed by atoms with van der Waals surface area (Å²) >= 11 is 0. The third kappa shape index (κ3) is 4.89. The summed E-state index contributed by atoms with van der Waals surface area (Å²) in [5.41, 5.74) is 1.02. The molecule has 1 aromatic carbocycles. The Morgan fingerprint density at radius 1 is 1.06 bits per heavy atom. The molecule has 0 bridgehead atoms. The molecule has 0 saturated carbocycles. The van der Waals surface area contributed by atoms with Crippen LogP contribution in [-0.2, 0) is 6.18 Å². The third-order valence-electron chi connectivity index (χ3n) is 5.15. The number of anilines is 1. The van der Waals surface area contributed by atoms with Gasteiger partial charge in [0.05, 0.1) is 29.6 Å². The van der Waals surface area contributed by atoms with Crippen molar-refractivity contribution >= 4 is 5.82 Å². The van der Waals surface area contributed by atoms with Crippen molar-refractivity contribution in [2.24, 2.45) is 0 Å². The van der Waals surface area contributed by atoms with E-state index in [0.717, 1.165) is 16.3 Å². The number of nitrogens with one attached hydrogen (secondary N) is 1. The zero-order chi connectivity index (χ0) is 24.3. The fourth-order valence-electron chi connectivity index (χ4n) is 3.33. The molecule has 3 aromatic heterocycles. The molecular formula is C24H19F3N6O. The van der Waals surface area contributed by atoms with Crippen LogP contribution in [-0.4, -0.2) is 24.9 Å². The van der Waals surface area contributed by atoms with E-state index in [2.05, 4.69) is 26.5 Å². The summed E-state index contributed by atoms with van der Waals surface area (Å²) in [6.45, 7) is 1.75. The summed E-state index contributed by atoms with van der Waals surface area (Å²) in [4.78, 5) is 8.06. The second kappa shape index (κ2) is 9.33. The molecule has 34 heavy (non-hydrogen) atoms. The van der Waals surface area contributed by atoms with E-state index in [0.29, 0.717) is 11.1 Å². The Morgan fingerprint density at radius 2 is 1.85 bits per heavy atom. The number of rotatable bonds is 6. The molecule has 0 saturated heterocycles. The van der Waals surface area contributed by atoms with Gasteiger partial charge in [0.15, 0.2) is 6.23 Å². The van der Waals surface area contributed by atoms with Gasteiger partial charge in [-0.15, -0.1) is 0 Å². The number of aromatic nitrogens is 4. The van der Waals surface area contributed by atoms with Crippen molar-refractivity contribution < 1.29 is 18.3 Å². The number of benzene rings is 1. The molecule has 4 aromatic rings. The Kier molecular flexibility index (Phi) is 6.30. The van der Waals surface area contributed by atoms with Crippen molar-refractivity contribution in [2.75, 3.05) is 5.32 Å². The first-order valence-electron chi connectivity index (χ1n) is 10.2. The largest absolute Gasteiger partial charge is 0.433 e. The van der Waals surface area contributed by atoms with Crippen LogP contribution < -0.4 is 5.32 Å². The number of hydrogen-bond donors (Lipinski definition) is 2. The van der Waals surface area contributed by atoms with Crippen LogP contribution in [0, 0.1) is 11.3 Å². The summed E-state index contributed by atoms with van der Waals surface area (Å²) in [5, 5.41) is 26.5. The van der Waals surface area contributed by atoms with Gasteiger partial charge in [-0.05, 0) is 48.9 Å². The van der Waals surface area contributed by atoms with Gasteiger partial charge >= 0.3 is 6.18 Å². The lowest BCUT2D eigenvalue weighted by atomic mass is 10.00. The molecule has 2 atom stereocenters. The van der Waals surface area contributed by atoms with Crippen LogP contribution in [0.4, 0.5) is 19.0 Å². The molecule has 0 aliphatic heterocycles. The topological polar surface area (TPSA) is 99.7 Å². The minimum atomic E-state index is -4.63. The first kappa shape index (κ1) is 22.9. The predicted octanol–water partition coefficient (Wildman–Crippen LogP) is 5.08.